The molecule has 0 radical (unpaired) electrons. The molecule has 0 atom stereocenters. The van der Waals surface area contributed by atoms with Crippen molar-refractivity contribution >= 4 is 22.6 Å². The first kappa shape index (κ1) is 17.9. The number of thiazole rings is 1. The summed E-state index contributed by atoms with van der Waals surface area (Å²) in [6, 6.07) is 16.9. The first-order chi connectivity index (χ1) is 12.6. The Kier molecular flexibility index (Phi) is 5.50. The van der Waals surface area contributed by atoms with E-state index in [4.69, 9.17) is 0 Å². The fourth-order valence-corrected chi connectivity index (χ4v) is 3.59. The van der Waals surface area contributed by atoms with E-state index in [1.165, 1.54) is 28.0 Å². The molecule has 3 nitrogen and oxygen atoms in total. The van der Waals surface area contributed by atoms with E-state index < -0.39 is 0 Å². The first-order valence-corrected chi connectivity index (χ1v) is 9.47. The molecule has 0 aliphatic carbocycles. The van der Waals surface area contributed by atoms with E-state index in [1.54, 1.807) is 6.20 Å². The van der Waals surface area contributed by atoms with Gasteiger partial charge in [0, 0.05) is 22.8 Å². The van der Waals surface area contributed by atoms with Gasteiger partial charge in [-0.05, 0) is 49.1 Å². The van der Waals surface area contributed by atoms with Crippen LogP contribution >= 0.6 is 11.3 Å². The van der Waals surface area contributed by atoms with Crippen LogP contribution in [0.15, 0.2) is 54.0 Å². The van der Waals surface area contributed by atoms with Crippen LogP contribution in [0.2, 0.25) is 0 Å². The second-order valence-corrected chi connectivity index (χ2v) is 7.14. The molecule has 0 saturated carbocycles. The van der Waals surface area contributed by atoms with E-state index in [2.05, 4.69) is 79.6 Å². The van der Waals surface area contributed by atoms with Crippen molar-refractivity contribution in [1.82, 2.24) is 4.98 Å². The molecular weight excluding hydrogens is 338 g/mol. The van der Waals surface area contributed by atoms with Crippen molar-refractivity contribution in [2.75, 3.05) is 5.32 Å². The third-order valence-corrected chi connectivity index (χ3v) is 4.99. The Balaban J connectivity index is 1.82. The highest BCUT2D eigenvalue weighted by Gasteiger charge is 2.09. The monoisotopic (exact) mass is 359 g/mol. The topological polar surface area (TPSA) is 48.7 Å². The molecular formula is C22H21N3S. The van der Waals surface area contributed by atoms with Gasteiger partial charge in [-0.1, -0.05) is 37.3 Å². The molecule has 3 rings (SSSR count). The number of nitrogens with one attached hydrogen (secondary N) is 1. The van der Waals surface area contributed by atoms with Gasteiger partial charge in [-0.3, -0.25) is 0 Å². The zero-order chi connectivity index (χ0) is 18.5. The van der Waals surface area contributed by atoms with Gasteiger partial charge in [-0.25, -0.2) is 4.98 Å². The van der Waals surface area contributed by atoms with Gasteiger partial charge in [0.2, 0.25) is 0 Å². The Bertz CT molecular complexity index is 955. The smallest absolute Gasteiger partial charge is 0.136 e. The molecule has 0 aliphatic rings. The number of hydrogen-bond donors (Lipinski definition) is 1. The summed E-state index contributed by atoms with van der Waals surface area (Å²) < 4.78 is 0. The second-order valence-electron chi connectivity index (χ2n) is 6.28. The number of anilines is 1. The molecule has 1 N–H and O–H groups in total. The van der Waals surface area contributed by atoms with Gasteiger partial charge in [-0.15, -0.1) is 11.3 Å². The number of allylic oxidation sites excluding steroid dienone is 1. The quantitative estimate of drug-likeness (QED) is 0.571. The predicted molar refractivity (Wildman–Crippen MR) is 110 cm³/mol. The van der Waals surface area contributed by atoms with Crippen LogP contribution < -0.4 is 5.32 Å². The average Bonchev–Trinajstić information content (AvgIpc) is 3.11. The predicted octanol–water partition coefficient (Wildman–Crippen LogP) is 5.97. The number of aryl methyl sites for hydroxylation is 3. The highest BCUT2D eigenvalue weighted by atomic mass is 32.1. The van der Waals surface area contributed by atoms with Crippen LogP contribution in [-0.4, -0.2) is 4.98 Å². The maximum atomic E-state index is 9.52. The lowest BCUT2D eigenvalue weighted by molar-refractivity contribution is 1.14. The Morgan fingerprint density at radius 3 is 2.46 bits per heavy atom. The van der Waals surface area contributed by atoms with Crippen molar-refractivity contribution in [1.29, 1.82) is 5.26 Å². The Morgan fingerprint density at radius 1 is 1.15 bits per heavy atom. The van der Waals surface area contributed by atoms with Crippen LogP contribution in [0.3, 0.4) is 0 Å². The summed E-state index contributed by atoms with van der Waals surface area (Å²) in [5, 5.41) is 15.5. The molecule has 0 bridgehead atoms. The van der Waals surface area contributed by atoms with Crippen LogP contribution in [0, 0.1) is 25.2 Å². The summed E-state index contributed by atoms with van der Waals surface area (Å²) >= 11 is 1.49. The lowest BCUT2D eigenvalue weighted by Gasteiger charge is -2.05. The maximum absolute atomic E-state index is 9.52. The second kappa shape index (κ2) is 7.99. The Hall–Kier alpha value is -2.90. The molecule has 0 aliphatic heterocycles. The summed E-state index contributed by atoms with van der Waals surface area (Å²) in [4.78, 5) is 4.64. The molecule has 0 amide bonds. The molecule has 26 heavy (non-hydrogen) atoms. The molecule has 0 fully saturated rings. The van der Waals surface area contributed by atoms with Crippen molar-refractivity contribution in [2.45, 2.75) is 27.2 Å². The normalized spacial score (nSPS) is 11.2. The Labute approximate surface area is 158 Å². The average molecular weight is 359 g/mol. The van der Waals surface area contributed by atoms with Crippen molar-refractivity contribution in [3.05, 3.63) is 75.7 Å². The van der Waals surface area contributed by atoms with Crippen molar-refractivity contribution in [3.8, 4) is 17.3 Å². The lowest BCUT2D eigenvalue weighted by Crippen LogP contribution is -1.92. The van der Waals surface area contributed by atoms with Crippen LogP contribution in [0.4, 0.5) is 5.69 Å². The molecule has 2 aromatic carbocycles. The zero-order valence-corrected chi connectivity index (χ0v) is 16.0. The largest absolute Gasteiger partial charge is 0.360 e. The van der Waals surface area contributed by atoms with Crippen LogP contribution in [0.25, 0.3) is 16.8 Å². The van der Waals surface area contributed by atoms with E-state index in [0.29, 0.717) is 5.57 Å². The minimum atomic E-state index is 0.533. The van der Waals surface area contributed by atoms with Crippen LogP contribution in [-0.2, 0) is 6.42 Å². The van der Waals surface area contributed by atoms with Gasteiger partial charge in [-0.2, -0.15) is 5.26 Å². The number of hydrogen-bond acceptors (Lipinski definition) is 4. The van der Waals surface area contributed by atoms with E-state index in [-0.39, 0.29) is 0 Å². The van der Waals surface area contributed by atoms with Crippen molar-refractivity contribution < 1.29 is 0 Å². The number of nitriles is 1. The minimum Gasteiger partial charge on any atom is -0.360 e. The molecule has 1 heterocycles. The molecule has 0 saturated heterocycles. The fourth-order valence-electron chi connectivity index (χ4n) is 2.80. The first-order valence-electron chi connectivity index (χ1n) is 8.59. The van der Waals surface area contributed by atoms with Gasteiger partial charge >= 0.3 is 0 Å². The standard InChI is InChI=1S/C22H21N3S/c1-4-17-5-7-18(8-6-17)21-14-26-22(25-21)19(12-23)13-24-20-10-15(2)9-16(3)11-20/h5-11,13-14,24H,4H2,1-3H3. The SMILES string of the molecule is CCc1ccc(-c2csc(C(C#N)=CNc3cc(C)cc(C)c3)n2)cc1. The van der Waals surface area contributed by atoms with Gasteiger partial charge in [0.1, 0.15) is 16.6 Å². The van der Waals surface area contributed by atoms with Gasteiger partial charge < -0.3 is 5.32 Å². The summed E-state index contributed by atoms with van der Waals surface area (Å²) in [6.45, 7) is 6.26. The fraction of sp³-hybridized carbons (Fsp3) is 0.182. The zero-order valence-electron chi connectivity index (χ0n) is 15.2. The summed E-state index contributed by atoms with van der Waals surface area (Å²) in [5.74, 6) is 0. The molecule has 0 spiro atoms. The van der Waals surface area contributed by atoms with Crippen LogP contribution in [0.5, 0.6) is 0 Å². The highest BCUT2D eigenvalue weighted by Crippen LogP contribution is 2.26. The van der Waals surface area contributed by atoms with Crippen molar-refractivity contribution in [2.24, 2.45) is 0 Å². The summed E-state index contributed by atoms with van der Waals surface area (Å²) in [6.07, 6.45) is 2.75. The van der Waals surface area contributed by atoms with Gasteiger partial charge in [0.15, 0.2) is 0 Å². The summed E-state index contributed by atoms with van der Waals surface area (Å²) in [5.41, 5.74) is 7.16. The number of rotatable bonds is 5. The summed E-state index contributed by atoms with van der Waals surface area (Å²) in [7, 11) is 0. The van der Waals surface area contributed by atoms with E-state index in [9.17, 15) is 5.26 Å². The molecule has 1 aromatic heterocycles. The van der Waals surface area contributed by atoms with E-state index in [1.807, 2.05) is 5.38 Å². The van der Waals surface area contributed by atoms with Gasteiger partial charge in [0.05, 0.1) is 5.69 Å². The lowest BCUT2D eigenvalue weighted by atomic mass is 10.1. The maximum Gasteiger partial charge on any atom is 0.136 e. The number of benzene rings is 2. The van der Waals surface area contributed by atoms with Crippen LogP contribution in [0.1, 0.15) is 28.6 Å². The van der Waals surface area contributed by atoms with E-state index in [0.717, 1.165) is 28.4 Å². The van der Waals surface area contributed by atoms with E-state index >= 15 is 0 Å². The molecule has 0 unspecified atom stereocenters. The molecule has 130 valence electrons. The van der Waals surface area contributed by atoms with Crippen molar-refractivity contribution in [3.63, 3.8) is 0 Å². The minimum absolute atomic E-state index is 0.533. The number of aromatic nitrogens is 1. The van der Waals surface area contributed by atoms with Gasteiger partial charge in [0.25, 0.3) is 0 Å². The Morgan fingerprint density at radius 2 is 1.85 bits per heavy atom. The number of nitrogens with zero attached hydrogens (tertiary/aromatic N) is 2. The highest BCUT2D eigenvalue weighted by molar-refractivity contribution is 7.11. The molecule has 4 heteroatoms. The molecule has 3 aromatic rings. The third kappa shape index (κ3) is 4.19. The third-order valence-electron chi connectivity index (χ3n) is 4.12.